The van der Waals surface area contributed by atoms with Crippen LogP contribution in [0.2, 0.25) is 0 Å². The monoisotopic (exact) mass is 321 g/mol. The molecule has 7 heteroatoms. The van der Waals surface area contributed by atoms with Crippen molar-refractivity contribution in [3.63, 3.8) is 0 Å². The van der Waals surface area contributed by atoms with Gasteiger partial charge in [0.05, 0.1) is 17.9 Å². The lowest BCUT2D eigenvalue weighted by Crippen LogP contribution is -2.46. The van der Waals surface area contributed by atoms with Crippen molar-refractivity contribution in [2.45, 2.75) is 57.8 Å². The molecular formula is C16H27N5O2. The van der Waals surface area contributed by atoms with Crippen LogP contribution in [0.15, 0.2) is 12.4 Å². The zero-order valence-electron chi connectivity index (χ0n) is 14.1. The summed E-state index contributed by atoms with van der Waals surface area (Å²) in [5, 5.41) is 10.9. The van der Waals surface area contributed by atoms with Gasteiger partial charge in [0.2, 0.25) is 0 Å². The molecule has 2 aliphatic heterocycles. The maximum atomic E-state index is 12.3. The minimum atomic E-state index is -0.0465. The number of hydrogen-bond acceptors (Lipinski definition) is 4. The van der Waals surface area contributed by atoms with Gasteiger partial charge in [0, 0.05) is 32.4 Å². The topological polar surface area (TPSA) is 72.3 Å². The highest BCUT2D eigenvalue weighted by Crippen LogP contribution is 2.28. The van der Waals surface area contributed by atoms with E-state index in [0.29, 0.717) is 12.5 Å². The molecule has 128 valence electrons. The molecule has 2 fully saturated rings. The Morgan fingerprint density at radius 2 is 2.13 bits per heavy atom. The number of piperidine rings is 1. The second-order valence-electron chi connectivity index (χ2n) is 7.28. The van der Waals surface area contributed by atoms with Crippen molar-refractivity contribution < 1.29 is 9.53 Å². The van der Waals surface area contributed by atoms with Crippen LogP contribution in [-0.2, 0) is 11.3 Å². The van der Waals surface area contributed by atoms with Gasteiger partial charge in [0.1, 0.15) is 0 Å². The molecule has 2 saturated heterocycles. The fourth-order valence-electron chi connectivity index (χ4n) is 3.45. The third-order valence-electron chi connectivity index (χ3n) is 4.85. The van der Waals surface area contributed by atoms with E-state index in [-0.39, 0.29) is 17.7 Å². The molecule has 0 bridgehead atoms. The van der Waals surface area contributed by atoms with Crippen molar-refractivity contribution in [1.29, 1.82) is 0 Å². The van der Waals surface area contributed by atoms with Gasteiger partial charge in [-0.1, -0.05) is 5.21 Å². The quantitative estimate of drug-likeness (QED) is 0.915. The number of carbonyl (C=O) groups excluding carboxylic acids is 1. The van der Waals surface area contributed by atoms with Crippen LogP contribution < -0.4 is 5.32 Å². The standard InChI is InChI=1S/C16H27N5O2/c1-16(2)6-3-14(23-16)11-17-15(22)20-8-4-13(5-9-20)12-21-10-7-18-19-21/h7,10,13-14H,3-6,8-9,11-12H2,1-2H3,(H,17,22). The van der Waals surface area contributed by atoms with Crippen molar-refractivity contribution in [1.82, 2.24) is 25.2 Å². The maximum absolute atomic E-state index is 12.3. The third-order valence-corrected chi connectivity index (χ3v) is 4.85. The van der Waals surface area contributed by atoms with E-state index < -0.39 is 0 Å². The fraction of sp³-hybridized carbons (Fsp3) is 0.812. The van der Waals surface area contributed by atoms with E-state index in [4.69, 9.17) is 4.74 Å². The number of nitrogens with zero attached hydrogens (tertiary/aromatic N) is 4. The van der Waals surface area contributed by atoms with Gasteiger partial charge in [-0.3, -0.25) is 4.68 Å². The number of aromatic nitrogens is 3. The van der Waals surface area contributed by atoms with Crippen molar-refractivity contribution in [3.8, 4) is 0 Å². The van der Waals surface area contributed by atoms with E-state index in [1.807, 2.05) is 15.8 Å². The molecule has 0 aliphatic carbocycles. The molecule has 2 amide bonds. The van der Waals surface area contributed by atoms with E-state index in [1.54, 1.807) is 6.20 Å². The normalized spacial score (nSPS) is 24.8. The molecule has 2 aliphatic rings. The highest BCUT2D eigenvalue weighted by molar-refractivity contribution is 5.74. The van der Waals surface area contributed by atoms with Crippen LogP contribution in [0.1, 0.15) is 39.5 Å². The lowest BCUT2D eigenvalue weighted by molar-refractivity contribution is -0.0136. The SMILES string of the molecule is CC1(C)CCC(CNC(=O)N2CCC(Cn3ccnn3)CC2)O1. The predicted octanol–water partition coefficient (Wildman–Crippen LogP) is 1.66. The van der Waals surface area contributed by atoms with E-state index in [9.17, 15) is 4.79 Å². The second kappa shape index (κ2) is 6.86. The van der Waals surface area contributed by atoms with Gasteiger partial charge in [-0.15, -0.1) is 5.10 Å². The van der Waals surface area contributed by atoms with Crippen LogP contribution in [0.4, 0.5) is 4.79 Å². The van der Waals surface area contributed by atoms with Gasteiger partial charge < -0.3 is 15.0 Å². The number of carbonyl (C=O) groups is 1. The summed E-state index contributed by atoms with van der Waals surface area (Å²) in [5.74, 6) is 0.569. The van der Waals surface area contributed by atoms with E-state index in [0.717, 1.165) is 45.3 Å². The fourth-order valence-corrected chi connectivity index (χ4v) is 3.45. The molecule has 1 aromatic heterocycles. The molecule has 0 radical (unpaired) electrons. The average molecular weight is 321 g/mol. The van der Waals surface area contributed by atoms with Crippen molar-refractivity contribution >= 4 is 6.03 Å². The molecule has 1 atom stereocenters. The summed E-state index contributed by atoms with van der Waals surface area (Å²) in [4.78, 5) is 14.2. The van der Waals surface area contributed by atoms with E-state index >= 15 is 0 Å². The number of nitrogens with one attached hydrogen (secondary N) is 1. The smallest absolute Gasteiger partial charge is 0.317 e. The molecule has 7 nitrogen and oxygen atoms in total. The summed E-state index contributed by atoms with van der Waals surface area (Å²) in [6, 6.07) is 0.0394. The Balaban J connectivity index is 1.37. The minimum absolute atomic E-state index is 0.0394. The molecule has 0 spiro atoms. The molecule has 1 aromatic rings. The van der Waals surface area contributed by atoms with Gasteiger partial charge in [0.25, 0.3) is 0 Å². The van der Waals surface area contributed by atoms with Crippen LogP contribution in [0.25, 0.3) is 0 Å². The molecule has 23 heavy (non-hydrogen) atoms. The largest absolute Gasteiger partial charge is 0.371 e. The lowest BCUT2D eigenvalue weighted by atomic mass is 9.97. The summed E-state index contributed by atoms with van der Waals surface area (Å²) in [6.45, 7) is 7.33. The molecule has 0 aromatic carbocycles. The Morgan fingerprint density at radius 3 is 2.74 bits per heavy atom. The summed E-state index contributed by atoms with van der Waals surface area (Å²) in [7, 11) is 0. The molecule has 0 saturated carbocycles. The van der Waals surface area contributed by atoms with Crippen molar-refractivity contribution in [2.24, 2.45) is 5.92 Å². The average Bonchev–Trinajstić information content (AvgIpc) is 3.15. The summed E-state index contributed by atoms with van der Waals surface area (Å²) < 4.78 is 7.79. The second-order valence-corrected chi connectivity index (χ2v) is 7.28. The summed E-state index contributed by atoms with van der Waals surface area (Å²) in [6.07, 6.45) is 7.85. The molecule has 1 N–H and O–H groups in total. The minimum Gasteiger partial charge on any atom is -0.371 e. The number of hydrogen-bond donors (Lipinski definition) is 1. The Morgan fingerprint density at radius 1 is 1.35 bits per heavy atom. The van der Waals surface area contributed by atoms with Gasteiger partial charge in [-0.25, -0.2) is 4.79 Å². The molecule has 3 rings (SSSR count). The van der Waals surface area contributed by atoms with Crippen LogP contribution in [0, 0.1) is 5.92 Å². The van der Waals surface area contributed by atoms with Crippen LogP contribution >= 0.6 is 0 Å². The van der Waals surface area contributed by atoms with E-state index in [1.165, 1.54) is 0 Å². The molecular weight excluding hydrogens is 294 g/mol. The number of urea groups is 1. The Kier molecular flexibility index (Phi) is 4.84. The first kappa shape index (κ1) is 16.2. The first-order chi connectivity index (χ1) is 11.0. The number of likely N-dealkylation sites (tertiary alicyclic amines) is 1. The Hall–Kier alpha value is -1.63. The molecule has 1 unspecified atom stereocenters. The van der Waals surface area contributed by atoms with E-state index in [2.05, 4.69) is 29.5 Å². The summed E-state index contributed by atoms with van der Waals surface area (Å²) >= 11 is 0. The first-order valence-electron chi connectivity index (χ1n) is 8.56. The summed E-state index contributed by atoms with van der Waals surface area (Å²) in [5.41, 5.74) is -0.0465. The third kappa shape index (κ3) is 4.43. The van der Waals surface area contributed by atoms with Crippen LogP contribution in [-0.4, -0.2) is 57.3 Å². The highest BCUT2D eigenvalue weighted by atomic mass is 16.5. The van der Waals surface area contributed by atoms with Crippen molar-refractivity contribution in [2.75, 3.05) is 19.6 Å². The number of rotatable bonds is 4. The first-order valence-corrected chi connectivity index (χ1v) is 8.56. The van der Waals surface area contributed by atoms with Gasteiger partial charge in [-0.2, -0.15) is 0 Å². The zero-order valence-corrected chi connectivity index (χ0v) is 14.1. The molecule has 3 heterocycles. The number of amides is 2. The highest BCUT2D eigenvalue weighted by Gasteiger charge is 2.32. The van der Waals surface area contributed by atoms with Crippen LogP contribution in [0.5, 0.6) is 0 Å². The Bertz CT molecular complexity index is 509. The van der Waals surface area contributed by atoms with Gasteiger partial charge in [0.15, 0.2) is 0 Å². The van der Waals surface area contributed by atoms with Gasteiger partial charge >= 0.3 is 6.03 Å². The van der Waals surface area contributed by atoms with Gasteiger partial charge in [-0.05, 0) is 45.4 Å². The Labute approximate surface area is 137 Å². The van der Waals surface area contributed by atoms with Crippen molar-refractivity contribution in [3.05, 3.63) is 12.4 Å². The lowest BCUT2D eigenvalue weighted by Gasteiger charge is -2.32. The zero-order chi connectivity index (χ0) is 16.3. The number of ether oxygens (including phenoxy) is 1. The predicted molar refractivity (Wildman–Crippen MR) is 85.9 cm³/mol. The van der Waals surface area contributed by atoms with Crippen LogP contribution in [0.3, 0.4) is 0 Å². The maximum Gasteiger partial charge on any atom is 0.317 e.